The van der Waals surface area contributed by atoms with Gasteiger partial charge in [-0.2, -0.15) is 13.2 Å². The molecule has 3 nitrogen and oxygen atoms in total. The maximum Gasteiger partial charge on any atom is 0.416 e. The van der Waals surface area contributed by atoms with Crippen LogP contribution in [-0.2, 0) is 6.18 Å². The van der Waals surface area contributed by atoms with E-state index in [1.807, 2.05) is 0 Å². The van der Waals surface area contributed by atoms with Crippen molar-refractivity contribution >= 4 is 17.7 Å². The van der Waals surface area contributed by atoms with E-state index in [0.29, 0.717) is 9.99 Å². The number of benzene rings is 1. The molecule has 0 saturated carbocycles. The Bertz CT molecular complexity index is 587. The van der Waals surface area contributed by atoms with Gasteiger partial charge in [-0.3, -0.25) is 0 Å². The van der Waals surface area contributed by atoms with Gasteiger partial charge in [0.15, 0.2) is 5.09 Å². The van der Waals surface area contributed by atoms with Crippen LogP contribution in [0.3, 0.4) is 0 Å². The second-order valence-electron chi connectivity index (χ2n) is 3.55. The van der Waals surface area contributed by atoms with E-state index < -0.39 is 17.7 Å². The smallest absolute Gasteiger partial charge is 0.416 e. The lowest BCUT2D eigenvalue weighted by atomic mass is 10.2. The highest BCUT2D eigenvalue weighted by atomic mass is 32.2. The summed E-state index contributed by atoms with van der Waals surface area (Å²) in [5, 5.41) is 8.97. The highest BCUT2D eigenvalue weighted by Gasteiger charge is 2.29. The predicted molar refractivity (Wildman–Crippen MR) is 61.2 cm³/mol. The Morgan fingerprint density at radius 2 is 1.74 bits per heavy atom. The average Bonchev–Trinajstić information content (AvgIpc) is 2.77. The van der Waals surface area contributed by atoms with E-state index in [-0.39, 0.29) is 5.76 Å². The minimum Gasteiger partial charge on any atom is -0.475 e. The van der Waals surface area contributed by atoms with Crippen LogP contribution in [0.1, 0.15) is 16.1 Å². The molecule has 0 fully saturated rings. The Kier molecular flexibility index (Phi) is 3.57. The number of furan rings is 1. The summed E-state index contributed by atoms with van der Waals surface area (Å²) >= 11 is 1.05. The molecular weight excluding hydrogens is 281 g/mol. The van der Waals surface area contributed by atoms with Gasteiger partial charge in [-0.15, -0.1) is 0 Å². The molecule has 0 unspecified atom stereocenters. The zero-order valence-corrected chi connectivity index (χ0v) is 10.1. The Morgan fingerprint density at radius 3 is 2.21 bits per heavy atom. The summed E-state index contributed by atoms with van der Waals surface area (Å²) in [5.41, 5.74) is -0.734. The van der Waals surface area contributed by atoms with Crippen molar-refractivity contribution in [1.82, 2.24) is 0 Å². The van der Waals surface area contributed by atoms with E-state index in [9.17, 15) is 18.0 Å². The summed E-state index contributed by atoms with van der Waals surface area (Å²) in [6.45, 7) is 0. The highest BCUT2D eigenvalue weighted by molar-refractivity contribution is 7.99. The summed E-state index contributed by atoms with van der Waals surface area (Å²) in [6, 6.07) is 7.26. The molecule has 0 spiro atoms. The fourth-order valence-electron chi connectivity index (χ4n) is 1.32. The predicted octanol–water partition coefficient (Wildman–Crippen LogP) is 4.15. The van der Waals surface area contributed by atoms with Gasteiger partial charge in [-0.25, -0.2) is 4.79 Å². The topological polar surface area (TPSA) is 50.4 Å². The van der Waals surface area contributed by atoms with Crippen molar-refractivity contribution in [3.63, 3.8) is 0 Å². The first kappa shape index (κ1) is 13.5. The van der Waals surface area contributed by atoms with Crippen LogP contribution in [0.5, 0.6) is 0 Å². The third kappa shape index (κ3) is 3.31. The minimum atomic E-state index is -4.37. The number of aromatic carboxylic acids is 1. The van der Waals surface area contributed by atoms with Crippen molar-refractivity contribution in [3.05, 3.63) is 47.7 Å². The van der Waals surface area contributed by atoms with Gasteiger partial charge in [0.1, 0.15) is 0 Å². The molecule has 100 valence electrons. The fourth-order valence-corrected chi connectivity index (χ4v) is 2.09. The van der Waals surface area contributed by atoms with E-state index in [2.05, 4.69) is 0 Å². The molecule has 1 aromatic carbocycles. The second-order valence-corrected chi connectivity index (χ2v) is 4.63. The fraction of sp³-hybridized carbons (Fsp3) is 0.0833. The van der Waals surface area contributed by atoms with Gasteiger partial charge in [0.25, 0.3) is 0 Å². The maximum atomic E-state index is 12.3. The van der Waals surface area contributed by atoms with Crippen LogP contribution in [0.15, 0.2) is 50.8 Å². The molecule has 0 bridgehead atoms. The Morgan fingerprint density at radius 1 is 1.11 bits per heavy atom. The summed E-state index contributed by atoms with van der Waals surface area (Å²) in [7, 11) is 0. The molecule has 7 heteroatoms. The van der Waals surface area contributed by atoms with Crippen molar-refractivity contribution in [1.29, 1.82) is 0 Å². The van der Waals surface area contributed by atoms with Crippen molar-refractivity contribution in [2.75, 3.05) is 0 Å². The summed E-state index contributed by atoms with van der Waals surface area (Å²) in [6.07, 6.45) is -4.37. The number of hydrogen-bond donors (Lipinski definition) is 1. The van der Waals surface area contributed by atoms with Crippen LogP contribution in [-0.4, -0.2) is 11.1 Å². The Hall–Kier alpha value is -1.89. The average molecular weight is 288 g/mol. The third-order valence-corrected chi connectivity index (χ3v) is 3.12. The zero-order valence-electron chi connectivity index (χ0n) is 9.27. The molecule has 0 amide bonds. The van der Waals surface area contributed by atoms with E-state index in [1.165, 1.54) is 24.3 Å². The third-order valence-electron chi connectivity index (χ3n) is 2.19. The summed E-state index contributed by atoms with van der Waals surface area (Å²) in [5.74, 6) is -1.41. The molecule has 1 aromatic heterocycles. The number of carboxylic acids is 1. The Balaban J connectivity index is 2.13. The van der Waals surface area contributed by atoms with E-state index in [0.717, 1.165) is 23.9 Å². The monoisotopic (exact) mass is 288 g/mol. The van der Waals surface area contributed by atoms with Crippen molar-refractivity contribution in [2.45, 2.75) is 16.2 Å². The summed E-state index contributed by atoms with van der Waals surface area (Å²) in [4.78, 5) is 11.1. The SMILES string of the molecule is O=C(O)c1ccc(Sc2ccc(C(F)(F)F)cc2)o1. The molecule has 0 saturated heterocycles. The molecule has 0 aliphatic heterocycles. The second kappa shape index (κ2) is 5.00. The molecule has 1 N–H and O–H groups in total. The van der Waals surface area contributed by atoms with Gasteiger partial charge in [0.2, 0.25) is 5.76 Å². The van der Waals surface area contributed by atoms with Gasteiger partial charge in [0, 0.05) is 4.90 Å². The van der Waals surface area contributed by atoms with Crippen molar-refractivity contribution < 1.29 is 27.5 Å². The molecule has 19 heavy (non-hydrogen) atoms. The number of halogens is 3. The molecular formula is C12H7F3O3S. The van der Waals surface area contributed by atoms with Gasteiger partial charge in [-0.1, -0.05) is 11.8 Å². The van der Waals surface area contributed by atoms with Gasteiger partial charge < -0.3 is 9.52 Å². The standard InChI is InChI=1S/C12H7F3O3S/c13-12(14,15)7-1-3-8(4-2-7)19-10-6-5-9(18-10)11(16)17/h1-6H,(H,16,17). The number of hydrogen-bond acceptors (Lipinski definition) is 3. The molecule has 2 aromatic rings. The lowest BCUT2D eigenvalue weighted by Gasteiger charge is -2.06. The van der Waals surface area contributed by atoms with Crippen LogP contribution in [0.4, 0.5) is 13.2 Å². The lowest BCUT2D eigenvalue weighted by molar-refractivity contribution is -0.137. The van der Waals surface area contributed by atoms with E-state index in [1.54, 1.807) is 0 Å². The van der Waals surface area contributed by atoms with Crippen LogP contribution in [0, 0.1) is 0 Å². The normalized spacial score (nSPS) is 11.5. The first-order valence-electron chi connectivity index (χ1n) is 5.04. The number of alkyl halides is 3. The first-order valence-corrected chi connectivity index (χ1v) is 5.86. The molecule has 0 radical (unpaired) electrons. The molecule has 2 rings (SSSR count). The van der Waals surface area contributed by atoms with Crippen LogP contribution in [0.25, 0.3) is 0 Å². The molecule has 1 heterocycles. The molecule has 0 aliphatic rings. The zero-order chi connectivity index (χ0) is 14.0. The number of carbonyl (C=O) groups is 1. The summed E-state index contributed by atoms with van der Waals surface area (Å²) < 4.78 is 42.0. The van der Waals surface area contributed by atoms with Gasteiger partial charge in [0.05, 0.1) is 5.56 Å². The van der Waals surface area contributed by atoms with Crippen LogP contribution in [0.2, 0.25) is 0 Å². The van der Waals surface area contributed by atoms with Gasteiger partial charge in [-0.05, 0) is 36.4 Å². The van der Waals surface area contributed by atoms with Gasteiger partial charge >= 0.3 is 12.1 Å². The molecule has 0 aliphatic carbocycles. The van der Waals surface area contributed by atoms with E-state index >= 15 is 0 Å². The van der Waals surface area contributed by atoms with Crippen LogP contribution < -0.4 is 0 Å². The maximum absolute atomic E-state index is 12.3. The van der Waals surface area contributed by atoms with Crippen LogP contribution >= 0.6 is 11.8 Å². The van der Waals surface area contributed by atoms with E-state index in [4.69, 9.17) is 9.52 Å². The highest BCUT2D eigenvalue weighted by Crippen LogP contribution is 2.33. The lowest BCUT2D eigenvalue weighted by Crippen LogP contribution is -2.03. The Labute approximate surface area is 110 Å². The van der Waals surface area contributed by atoms with Crippen molar-refractivity contribution in [3.8, 4) is 0 Å². The van der Waals surface area contributed by atoms with Crippen molar-refractivity contribution in [2.24, 2.45) is 0 Å². The first-order chi connectivity index (χ1) is 8.86. The number of rotatable bonds is 3. The largest absolute Gasteiger partial charge is 0.475 e. The quantitative estimate of drug-likeness (QED) is 0.921. The molecule has 0 atom stereocenters. The number of carboxylic acid groups (broad SMARTS) is 1. The minimum absolute atomic E-state index is 0.214.